The van der Waals surface area contributed by atoms with Crippen molar-refractivity contribution in [2.24, 2.45) is 0 Å². The number of benzene rings is 1. The number of ether oxygens (including phenoxy) is 1. The van der Waals surface area contributed by atoms with Gasteiger partial charge in [-0.15, -0.1) is 0 Å². The van der Waals surface area contributed by atoms with Crippen LogP contribution in [-0.4, -0.2) is 22.6 Å². The number of hydrogen-bond acceptors (Lipinski definition) is 3. The Kier molecular flexibility index (Phi) is 3.81. The van der Waals surface area contributed by atoms with Crippen molar-refractivity contribution in [3.05, 3.63) is 52.0 Å². The molecule has 1 aromatic heterocycles. The van der Waals surface area contributed by atoms with E-state index in [2.05, 4.69) is 20.9 Å². The highest BCUT2D eigenvalue weighted by Gasteiger charge is 2.14. The highest BCUT2D eigenvalue weighted by Crippen LogP contribution is 2.14. The van der Waals surface area contributed by atoms with Crippen LogP contribution in [0, 0.1) is 6.92 Å². The van der Waals surface area contributed by atoms with Crippen molar-refractivity contribution < 1.29 is 9.53 Å². The van der Waals surface area contributed by atoms with E-state index >= 15 is 0 Å². The molecule has 0 aliphatic rings. The summed E-state index contributed by atoms with van der Waals surface area (Å²) in [4.78, 5) is 15.8. The SMILES string of the molecule is COC(=O)c1cnc(C)n1Cc1ccc(Br)cc1. The summed E-state index contributed by atoms with van der Waals surface area (Å²) in [6, 6.07) is 7.95. The zero-order chi connectivity index (χ0) is 13.1. The summed E-state index contributed by atoms with van der Waals surface area (Å²) >= 11 is 3.39. The van der Waals surface area contributed by atoms with Crippen molar-refractivity contribution in [1.82, 2.24) is 9.55 Å². The standard InChI is InChI=1S/C13H13BrN2O2/c1-9-15-7-12(13(17)18-2)16(9)8-10-3-5-11(14)6-4-10/h3-7H,8H2,1-2H3. The molecule has 1 aromatic carbocycles. The van der Waals surface area contributed by atoms with Gasteiger partial charge in [0.25, 0.3) is 0 Å². The fraction of sp³-hybridized carbons (Fsp3) is 0.231. The molecule has 0 saturated carbocycles. The molecule has 0 bridgehead atoms. The average Bonchev–Trinajstić information content (AvgIpc) is 2.73. The zero-order valence-corrected chi connectivity index (χ0v) is 11.8. The van der Waals surface area contributed by atoms with E-state index < -0.39 is 0 Å². The molecule has 0 radical (unpaired) electrons. The molecule has 0 atom stereocenters. The van der Waals surface area contributed by atoms with Gasteiger partial charge in [-0.25, -0.2) is 9.78 Å². The number of imidazole rings is 1. The molecule has 0 saturated heterocycles. The van der Waals surface area contributed by atoms with Crippen molar-refractivity contribution >= 4 is 21.9 Å². The van der Waals surface area contributed by atoms with E-state index in [9.17, 15) is 4.79 Å². The zero-order valence-electron chi connectivity index (χ0n) is 10.2. The van der Waals surface area contributed by atoms with Crippen molar-refractivity contribution in [2.75, 3.05) is 7.11 Å². The average molecular weight is 309 g/mol. The molecular formula is C13H13BrN2O2. The highest BCUT2D eigenvalue weighted by atomic mass is 79.9. The number of halogens is 1. The molecule has 0 N–H and O–H groups in total. The molecular weight excluding hydrogens is 296 g/mol. The van der Waals surface area contributed by atoms with Crippen LogP contribution in [0.3, 0.4) is 0 Å². The number of esters is 1. The van der Waals surface area contributed by atoms with Crippen LogP contribution in [0.25, 0.3) is 0 Å². The van der Waals surface area contributed by atoms with Gasteiger partial charge in [-0.3, -0.25) is 0 Å². The third-order valence-electron chi connectivity index (χ3n) is 2.70. The van der Waals surface area contributed by atoms with E-state index in [-0.39, 0.29) is 5.97 Å². The summed E-state index contributed by atoms with van der Waals surface area (Å²) in [5, 5.41) is 0. The smallest absolute Gasteiger partial charge is 0.356 e. The molecule has 0 aliphatic carbocycles. The summed E-state index contributed by atoms with van der Waals surface area (Å²) in [5.74, 6) is 0.422. The van der Waals surface area contributed by atoms with Gasteiger partial charge in [0.05, 0.1) is 13.3 Å². The van der Waals surface area contributed by atoms with Crippen molar-refractivity contribution in [1.29, 1.82) is 0 Å². The molecule has 0 unspecified atom stereocenters. The maximum Gasteiger partial charge on any atom is 0.356 e. The monoisotopic (exact) mass is 308 g/mol. The largest absolute Gasteiger partial charge is 0.464 e. The summed E-state index contributed by atoms with van der Waals surface area (Å²) < 4.78 is 7.61. The summed E-state index contributed by atoms with van der Waals surface area (Å²) in [7, 11) is 1.37. The maximum atomic E-state index is 11.6. The Bertz CT molecular complexity index is 561. The fourth-order valence-electron chi connectivity index (χ4n) is 1.71. The van der Waals surface area contributed by atoms with Gasteiger partial charge in [-0.1, -0.05) is 28.1 Å². The maximum absolute atomic E-state index is 11.6. The molecule has 94 valence electrons. The third kappa shape index (κ3) is 2.61. The minimum absolute atomic E-state index is 0.368. The number of rotatable bonds is 3. The summed E-state index contributed by atoms with van der Waals surface area (Å²) in [6.07, 6.45) is 1.54. The number of carbonyl (C=O) groups excluding carboxylic acids is 1. The molecule has 4 nitrogen and oxygen atoms in total. The van der Waals surface area contributed by atoms with Crippen molar-refractivity contribution in [3.63, 3.8) is 0 Å². The Balaban J connectivity index is 2.31. The number of carbonyl (C=O) groups is 1. The van der Waals surface area contributed by atoms with E-state index in [1.165, 1.54) is 7.11 Å². The molecule has 18 heavy (non-hydrogen) atoms. The molecule has 2 aromatic rings. The van der Waals surface area contributed by atoms with Gasteiger partial charge in [-0.2, -0.15) is 0 Å². The number of methoxy groups -OCH3 is 1. The number of nitrogens with zero attached hydrogens (tertiary/aromatic N) is 2. The minimum Gasteiger partial charge on any atom is -0.464 e. The Morgan fingerprint density at radius 3 is 2.67 bits per heavy atom. The first kappa shape index (κ1) is 12.8. The molecule has 0 amide bonds. The van der Waals surface area contributed by atoms with Gasteiger partial charge < -0.3 is 9.30 Å². The van der Waals surface area contributed by atoms with Gasteiger partial charge in [0.15, 0.2) is 0 Å². The fourth-order valence-corrected chi connectivity index (χ4v) is 1.97. The predicted octanol–water partition coefficient (Wildman–Crippen LogP) is 2.79. The van der Waals surface area contributed by atoms with Crippen LogP contribution in [0.5, 0.6) is 0 Å². The summed E-state index contributed by atoms with van der Waals surface area (Å²) in [5.41, 5.74) is 1.57. The van der Waals surface area contributed by atoms with Gasteiger partial charge in [0.2, 0.25) is 0 Å². The van der Waals surface area contributed by atoms with E-state index in [1.807, 2.05) is 35.8 Å². The second-order valence-corrected chi connectivity index (χ2v) is 4.81. The first-order valence-corrected chi connectivity index (χ1v) is 6.26. The Hall–Kier alpha value is -1.62. The van der Waals surface area contributed by atoms with E-state index in [4.69, 9.17) is 4.74 Å². The van der Waals surface area contributed by atoms with E-state index in [1.54, 1.807) is 6.20 Å². The van der Waals surface area contributed by atoms with Crippen LogP contribution in [0.4, 0.5) is 0 Å². The molecule has 0 aliphatic heterocycles. The first-order valence-electron chi connectivity index (χ1n) is 5.46. The first-order chi connectivity index (χ1) is 8.61. The molecule has 5 heteroatoms. The van der Waals surface area contributed by atoms with E-state index in [0.717, 1.165) is 15.9 Å². The summed E-state index contributed by atoms with van der Waals surface area (Å²) in [6.45, 7) is 2.47. The van der Waals surface area contributed by atoms with Crippen molar-refractivity contribution in [2.45, 2.75) is 13.5 Å². The molecule has 1 heterocycles. The van der Waals surface area contributed by atoms with Crippen LogP contribution < -0.4 is 0 Å². The molecule has 2 rings (SSSR count). The lowest BCUT2D eigenvalue weighted by Gasteiger charge is -2.09. The van der Waals surface area contributed by atoms with E-state index in [0.29, 0.717) is 12.2 Å². The molecule has 0 fully saturated rings. The minimum atomic E-state index is -0.368. The lowest BCUT2D eigenvalue weighted by Crippen LogP contribution is -2.12. The number of aryl methyl sites for hydroxylation is 1. The second-order valence-electron chi connectivity index (χ2n) is 3.89. The van der Waals surface area contributed by atoms with Crippen molar-refractivity contribution in [3.8, 4) is 0 Å². The normalized spacial score (nSPS) is 10.4. The number of hydrogen-bond donors (Lipinski definition) is 0. The van der Waals surface area contributed by atoms with Crippen LogP contribution in [-0.2, 0) is 11.3 Å². The Morgan fingerprint density at radius 1 is 1.39 bits per heavy atom. The van der Waals surface area contributed by atoms with Crippen LogP contribution >= 0.6 is 15.9 Å². The second kappa shape index (κ2) is 5.35. The molecule has 0 spiro atoms. The van der Waals surface area contributed by atoms with Gasteiger partial charge in [0, 0.05) is 11.0 Å². The third-order valence-corrected chi connectivity index (χ3v) is 3.23. The Morgan fingerprint density at radius 2 is 2.06 bits per heavy atom. The van der Waals surface area contributed by atoms with Crippen LogP contribution in [0.15, 0.2) is 34.9 Å². The highest BCUT2D eigenvalue weighted by molar-refractivity contribution is 9.10. The van der Waals surface area contributed by atoms with Gasteiger partial charge >= 0.3 is 5.97 Å². The van der Waals surface area contributed by atoms with Gasteiger partial charge in [0.1, 0.15) is 11.5 Å². The lowest BCUT2D eigenvalue weighted by molar-refractivity contribution is 0.0588. The topological polar surface area (TPSA) is 44.1 Å². The Labute approximate surface area is 114 Å². The predicted molar refractivity (Wildman–Crippen MR) is 71.5 cm³/mol. The van der Waals surface area contributed by atoms with Gasteiger partial charge in [-0.05, 0) is 24.6 Å². The quantitative estimate of drug-likeness (QED) is 0.819. The number of aromatic nitrogens is 2. The lowest BCUT2D eigenvalue weighted by atomic mass is 10.2. The van der Waals surface area contributed by atoms with Crippen LogP contribution in [0.1, 0.15) is 21.9 Å². The van der Waals surface area contributed by atoms with Crippen LogP contribution in [0.2, 0.25) is 0 Å².